The van der Waals surface area contributed by atoms with Crippen molar-refractivity contribution in [3.05, 3.63) is 41.7 Å². The summed E-state index contributed by atoms with van der Waals surface area (Å²) >= 11 is 0. The summed E-state index contributed by atoms with van der Waals surface area (Å²) in [5, 5.41) is 3.34. The fraction of sp³-hybridized carbons (Fsp3) is 0.438. The summed E-state index contributed by atoms with van der Waals surface area (Å²) in [6.07, 6.45) is 3.31. The van der Waals surface area contributed by atoms with Crippen LogP contribution in [-0.2, 0) is 6.42 Å². The molecule has 108 valence electrons. The number of hydrogen-bond acceptors (Lipinski definition) is 3. The Morgan fingerprint density at radius 1 is 1.35 bits per heavy atom. The second-order valence-electron chi connectivity index (χ2n) is 5.31. The maximum Gasteiger partial charge on any atom is 0.194 e. The molecule has 0 atom stereocenters. The van der Waals surface area contributed by atoms with Gasteiger partial charge in [-0.1, -0.05) is 19.9 Å². The van der Waals surface area contributed by atoms with Crippen LogP contribution in [0.3, 0.4) is 0 Å². The first kappa shape index (κ1) is 14.7. The number of aryl methyl sites for hydroxylation is 2. The van der Waals surface area contributed by atoms with Crippen LogP contribution in [0.15, 0.2) is 28.8 Å². The van der Waals surface area contributed by atoms with Crippen LogP contribution in [0.25, 0.3) is 11.3 Å². The molecule has 0 aliphatic heterocycles. The third kappa shape index (κ3) is 3.90. The van der Waals surface area contributed by atoms with Gasteiger partial charge in [-0.05, 0) is 37.6 Å². The monoisotopic (exact) mass is 276 g/mol. The Balaban J connectivity index is 1.98. The van der Waals surface area contributed by atoms with Crippen molar-refractivity contribution in [2.45, 2.75) is 39.7 Å². The van der Waals surface area contributed by atoms with Crippen molar-refractivity contribution in [3.8, 4) is 11.3 Å². The van der Waals surface area contributed by atoms with E-state index >= 15 is 0 Å². The quantitative estimate of drug-likeness (QED) is 0.817. The zero-order chi connectivity index (χ0) is 14.5. The van der Waals surface area contributed by atoms with E-state index in [1.54, 1.807) is 12.3 Å². The summed E-state index contributed by atoms with van der Waals surface area (Å²) in [6.45, 7) is 7.02. The predicted molar refractivity (Wildman–Crippen MR) is 78.1 cm³/mol. The van der Waals surface area contributed by atoms with Crippen molar-refractivity contribution in [3.63, 3.8) is 0 Å². The topological polar surface area (TPSA) is 38.1 Å². The molecule has 3 nitrogen and oxygen atoms in total. The molecule has 2 rings (SSSR count). The van der Waals surface area contributed by atoms with Crippen LogP contribution < -0.4 is 5.32 Å². The van der Waals surface area contributed by atoms with Gasteiger partial charge in [-0.15, -0.1) is 0 Å². The average molecular weight is 276 g/mol. The van der Waals surface area contributed by atoms with Crippen molar-refractivity contribution < 1.29 is 8.81 Å². The Kier molecular flexibility index (Phi) is 4.90. The van der Waals surface area contributed by atoms with Gasteiger partial charge in [0.2, 0.25) is 0 Å². The number of rotatable bonds is 6. The van der Waals surface area contributed by atoms with Crippen molar-refractivity contribution in [1.82, 2.24) is 10.3 Å². The minimum absolute atomic E-state index is 0.269. The molecule has 0 saturated carbocycles. The lowest BCUT2D eigenvalue weighted by Gasteiger charge is -2.06. The first-order chi connectivity index (χ1) is 9.56. The maximum atomic E-state index is 13.8. The molecule has 20 heavy (non-hydrogen) atoms. The van der Waals surface area contributed by atoms with Crippen LogP contribution in [0, 0.1) is 12.7 Å². The highest BCUT2D eigenvalue weighted by Crippen LogP contribution is 2.24. The van der Waals surface area contributed by atoms with E-state index in [2.05, 4.69) is 24.1 Å². The van der Waals surface area contributed by atoms with Crippen LogP contribution in [0.5, 0.6) is 0 Å². The fourth-order valence-electron chi connectivity index (χ4n) is 2.00. The van der Waals surface area contributed by atoms with Crippen molar-refractivity contribution in [2.75, 3.05) is 6.54 Å². The Labute approximate surface area is 119 Å². The zero-order valence-corrected chi connectivity index (χ0v) is 12.2. The molecule has 0 bridgehead atoms. The summed E-state index contributed by atoms with van der Waals surface area (Å²) in [6, 6.07) is 5.59. The summed E-state index contributed by atoms with van der Waals surface area (Å²) in [5.41, 5.74) is 1.36. The molecule has 1 aromatic carbocycles. The number of nitrogens with zero attached hydrogens (tertiary/aromatic N) is 1. The molecular formula is C16H21FN2O. The molecule has 0 unspecified atom stereocenters. The number of oxazole rings is 1. The summed E-state index contributed by atoms with van der Waals surface area (Å²) in [4.78, 5) is 4.21. The largest absolute Gasteiger partial charge is 0.441 e. The van der Waals surface area contributed by atoms with Gasteiger partial charge in [-0.2, -0.15) is 0 Å². The smallest absolute Gasteiger partial charge is 0.194 e. The third-order valence-electron chi connectivity index (χ3n) is 3.06. The first-order valence-corrected chi connectivity index (χ1v) is 7.01. The molecular weight excluding hydrogens is 255 g/mol. The summed E-state index contributed by atoms with van der Waals surface area (Å²) in [7, 11) is 0. The first-order valence-electron chi connectivity index (χ1n) is 7.01. The van der Waals surface area contributed by atoms with E-state index in [4.69, 9.17) is 4.42 Å². The minimum Gasteiger partial charge on any atom is -0.441 e. The summed E-state index contributed by atoms with van der Waals surface area (Å²) < 4.78 is 19.5. The number of aromatic nitrogens is 1. The summed E-state index contributed by atoms with van der Waals surface area (Å²) in [5.74, 6) is 0.883. The third-order valence-corrected chi connectivity index (χ3v) is 3.06. The van der Waals surface area contributed by atoms with E-state index in [0.29, 0.717) is 23.3 Å². The Morgan fingerprint density at radius 3 is 2.85 bits per heavy atom. The molecule has 0 spiro atoms. The SMILES string of the molecule is Cc1ccc(-c2cnc(CCCNC(C)C)o2)c(F)c1. The lowest BCUT2D eigenvalue weighted by atomic mass is 10.1. The van der Waals surface area contributed by atoms with E-state index in [1.807, 2.05) is 13.0 Å². The molecule has 0 aliphatic carbocycles. The molecule has 0 saturated heterocycles. The Hall–Kier alpha value is -1.68. The highest BCUT2D eigenvalue weighted by Gasteiger charge is 2.11. The van der Waals surface area contributed by atoms with Crippen LogP contribution in [-0.4, -0.2) is 17.6 Å². The second-order valence-corrected chi connectivity index (χ2v) is 5.31. The van der Waals surface area contributed by atoms with Crippen LogP contribution >= 0.6 is 0 Å². The highest BCUT2D eigenvalue weighted by atomic mass is 19.1. The molecule has 0 aliphatic rings. The maximum absolute atomic E-state index is 13.8. The molecule has 2 aromatic rings. The van der Waals surface area contributed by atoms with E-state index < -0.39 is 0 Å². The van der Waals surface area contributed by atoms with Gasteiger partial charge >= 0.3 is 0 Å². The molecule has 0 amide bonds. The van der Waals surface area contributed by atoms with Crippen LogP contribution in [0.1, 0.15) is 31.7 Å². The van der Waals surface area contributed by atoms with Crippen molar-refractivity contribution in [2.24, 2.45) is 0 Å². The van der Waals surface area contributed by atoms with Crippen molar-refractivity contribution >= 4 is 0 Å². The van der Waals surface area contributed by atoms with E-state index in [1.165, 1.54) is 6.07 Å². The minimum atomic E-state index is -0.269. The van der Waals surface area contributed by atoms with E-state index in [-0.39, 0.29) is 5.82 Å². The van der Waals surface area contributed by atoms with Gasteiger partial charge in [-0.3, -0.25) is 0 Å². The standard InChI is InChI=1S/C16H21FN2O/c1-11(2)18-8-4-5-16-19-10-15(20-16)13-7-6-12(3)9-14(13)17/h6-7,9-11,18H,4-5,8H2,1-3H3. The number of halogens is 1. The zero-order valence-electron chi connectivity index (χ0n) is 12.2. The number of nitrogens with one attached hydrogen (secondary N) is 1. The van der Waals surface area contributed by atoms with Gasteiger partial charge < -0.3 is 9.73 Å². The van der Waals surface area contributed by atoms with Gasteiger partial charge in [0.25, 0.3) is 0 Å². The van der Waals surface area contributed by atoms with Gasteiger partial charge in [0.1, 0.15) is 5.82 Å². The second kappa shape index (κ2) is 6.66. The van der Waals surface area contributed by atoms with Crippen LogP contribution in [0.4, 0.5) is 4.39 Å². The highest BCUT2D eigenvalue weighted by molar-refractivity contribution is 5.57. The molecule has 1 N–H and O–H groups in total. The van der Waals surface area contributed by atoms with Gasteiger partial charge in [0.05, 0.1) is 11.8 Å². The molecule has 0 fully saturated rings. The van der Waals surface area contributed by atoms with Gasteiger partial charge in [-0.25, -0.2) is 9.37 Å². The lowest BCUT2D eigenvalue weighted by molar-refractivity contribution is 0.482. The fourth-order valence-corrected chi connectivity index (χ4v) is 2.00. The van der Waals surface area contributed by atoms with Gasteiger partial charge in [0, 0.05) is 12.5 Å². The lowest BCUT2D eigenvalue weighted by Crippen LogP contribution is -2.23. The molecule has 4 heteroatoms. The molecule has 1 aromatic heterocycles. The number of benzene rings is 1. The molecule has 0 radical (unpaired) electrons. The normalized spacial score (nSPS) is 11.2. The average Bonchev–Trinajstić information content (AvgIpc) is 2.83. The Morgan fingerprint density at radius 2 is 2.15 bits per heavy atom. The van der Waals surface area contributed by atoms with Gasteiger partial charge in [0.15, 0.2) is 11.7 Å². The van der Waals surface area contributed by atoms with E-state index in [0.717, 1.165) is 24.9 Å². The number of hydrogen-bond donors (Lipinski definition) is 1. The van der Waals surface area contributed by atoms with Crippen molar-refractivity contribution in [1.29, 1.82) is 0 Å². The van der Waals surface area contributed by atoms with Crippen LogP contribution in [0.2, 0.25) is 0 Å². The predicted octanol–water partition coefficient (Wildman–Crippen LogP) is 3.72. The van der Waals surface area contributed by atoms with E-state index in [9.17, 15) is 4.39 Å². The molecule has 1 heterocycles. The Bertz CT molecular complexity index is 563.